The van der Waals surface area contributed by atoms with Crippen LogP contribution >= 0.6 is 0 Å². The van der Waals surface area contributed by atoms with E-state index >= 15 is 0 Å². The Morgan fingerprint density at radius 3 is 2.90 bits per heavy atom. The van der Waals surface area contributed by atoms with E-state index in [-0.39, 0.29) is 5.92 Å². The molecule has 0 atom stereocenters. The number of imidazole rings is 1. The van der Waals surface area contributed by atoms with Crippen LogP contribution in [0.5, 0.6) is 0 Å². The Labute approximate surface area is 120 Å². The van der Waals surface area contributed by atoms with Gasteiger partial charge in [-0.05, 0) is 19.8 Å². The van der Waals surface area contributed by atoms with Gasteiger partial charge >= 0.3 is 0 Å². The molecule has 1 aromatic heterocycles. The Kier molecular flexibility index (Phi) is 7.57. The van der Waals surface area contributed by atoms with Crippen molar-refractivity contribution in [3.63, 3.8) is 0 Å². The minimum Gasteiger partial charge on any atom is -0.376 e. The third-order valence-corrected chi connectivity index (χ3v) is 2.76. The van der Waals surface area contributed by atoms with Gasteiger partial charge in [0.25, 0.3) is 0 Å². The molecule has 0 aliphatic rings. The maximum absolute atomic E-state index is 5.44. The van der Waals surface area contributed by atoms with Crippen LogP contribution < -0.4 is 0 Å². The lowest BCUT2D eigenvalue weighted by atomic mass is 10.2. The molecule has 0 amide bonds. The molecular weight excluding hydrogens is 256 g/mol. The summed E-state index contributed by atoms with van der Waals surface area (Å²) in [6, 6.07) is 0. The van der Waals surface area contributed by atoms with Crippen LogP contribution in [-0.2, 0) is 16.0 Å². The summed E-state index contributed by atoms with van der Waals surface area (Å²) in [7, 11) is 1.69. The van der Waals surface area contributed by atoms with Crippen molar-refractivity contribution in [2.75, 3.05) is 20.3 Å². The minimum absolute atomic E-state index is 0.232. The summed E-state index contributed by atoms with van der Waals surface area (Å²) in [6.45, 7) is 7.15. The fourth-order valence-corrected chi connectivity index (χ4v) is 1.64. The van der Waals surface area contributed by atoms with Gasteiger partial charge in [0.2, 0.25) is 5.90 Å². The van der Waals surface area contributed by atoms with Crippen molar-refractivity contribution < 1.29 is 9.57 Å². The number of nitrogens with zero attached hydrogens (tertiary/aromatic N) is 3. The molecule has 0 radical (unpaired) electrons. The molecule has 112 valence electrons. The van der Waals surface area contributed by atoms with Gasteiger partial charge in [0.05, 0.1) is 24.8 Å². The predicted octanol–water partition coefficient (Wildman–Crippen LogP) is 2.35. The van der Waals surface area contributed by atoms with E-state index in [0.29, 0.717) is 19.1 Å². The van der Waals surface area contributed by atoms with Crippen LogP contribution in [0.15, 0.2) is 16.5 Å². The van der Waals surface area contributed by atoms with E-state index in [0.717, 1.165) is 24.2 Å². The van der Waals surface area contributed by atoms with Crippen LogP contribution in [0.1, 0.15) is 31.7 Å². The molecule has 0 saturated heterocycles. The molecule has 0 fully saturated rings. The third kappa shape index (κ3) is 5.97. The van der Waals surface area contributed by atoms with Crippen molar-refractivity contribution >= 4 is 12.1 Å². The summed E-state index contributed by atoms with van der Waals surface area (Å²) in [6.07, 6.45) is 5.18. The molecule has 0 spiro atoms. The Morgan fingerprint density at radius 1 is 1.50 bits per heavy atom. The van der Waals surface area contributed by atoms with E-state index in [4.69, 9.17) is 9.57 Å². The standard InChI is InChI=1S/C14H24N4O2/c1-11(2)14(15-4)20-18-7-9-19-8-5-6-13-12(3)16-10-17-13/h7,10-11H,5-6,8-9H2,1-4H3,(H,16,17)/b15-14?,18-7+. The van der Waals surface area contributed by atoms with Crippen molar-refractivity contribution in [3.05, 3.63) is 17.7 Å². The molecule has 0 bridgehead atoms. The monoisotopic (exact) mass is 280 g/mol. The van der Waals surface area contributed by atoms with Crippen LogP contribution in [0.2, 0.25) is 0 Å². The number of hydrogen-bond acceptors (Lipinski definition) is 5. The topological polar surface area (TPSA) is 71.9 Å². The van der Waals surface area contributed by atoms with E-state index in [1.165, 1.54) is 0 Å². The smallest absolute Gasteiger partial charge is 0.222 e. The zero-order valence-electron chi connectivity index (χ0n) is 12.7. The first kappa shape index (κ1) is 16.4. The van der Waals surface area contributed by atoms with Gasteiger partial charge < -0.3 is 14.6 Å². The number of ether oxygens (including phenoxy) is 1. The Morgan fingerprint density at radius 2 is 2.30 bits per heavy atom. The molecule has 0 saturated carbocycles. The molecule has 1 N–H and O–H groups in total. The Bertz CT molecular complexity index is 438. The number of oxime groups is 1. The molecule has 0 aliphatic heterocycles. The normalized spacial score (nSPS) is 12.6. The number of aromatic nitrogens is 2. The SMILES string of the molecule is CN=C(O/N=C/COCCCc1nc[nH]c1C)C(C)C. The van der Waals surface area contributed by atoms with Gasteiger partial charge in [0, 0.05) is 25.3 Å². The third-order valence-electron chi connectivity index (χ3n) is 2.76. The van der Waals surface area contributed by atoms with Crippen LogP contribution in [0, 0.1) is 12.8 Å². The van der Waals surface area contributed by atoms with Gasteiger partial charge in [0.15, 0.2) is 0 Å². The van der Waals surface area contributed by atoms with E-state index in [9.17, 15) is 0 Å². The van der Waals surface area contributed by atoms with Crippen molar-refractivity contribution in [3.8, 4) is 0 Å². The number of H-pyrrole nitrogens is 1. The number of aliphatic imine (C=N–C) groups is 1. The summed E-state index contributed by atoms with van der Waals surface area (Å²) >= 11 is 0. The summed E-state index contributed by atoms with van der Waals surface area (Å²) in [5.74, 6) is 0.852. The second-order valence-electron chi connectivity index (χ2n) is 4.75. The maximum Gasteiger partial charge on any atom is 0.222 e. The van der Waals surface area contributed by atoms with Crippen molar-refractivity contribution in [2.45, 2.75) is 33.6 Å². The fraction of sp³-hybridized carbons (Fsp3) is 0.643. The van der Waals surface area contributed by atoms with Gasteiger partial charge in [-0.2, -0.15) is 0 Å². The second-order valence-corrected chi connectivity index (χ2v) is 4.75. The molecule has 1 aromatic rings. The highest BCUT2D eigenvalue weighted by Crippen LogP contribution is 2.03. The summed E-state index contributed by atoms with van der Waals surface area (Å²) < 4.78 is 5.44. The maximum atomic E-state index is 5.44. The average Bonchev–Trinajstić information content (AvgIpc) is 2.82. The summed E-state index contributed by atoms with van der Waals surface area (Å²) in [5, 5.41) is 3.83. The van der Waals surface area contributed by atoms with Crippen LogP contribution in [-0.4, -0.2) is 42.3 Å². The van der Waals surface area contributed by atoms with E-state index in [2.05, 4.69) is 20.1 Å². The number of nitrogens with one attached hydrogen (secondary N) is 1. The molecular formula is C14H24N4O2. The van der Waals surface area contributed by atoms with Crippen molar-refractivity contribution in [1.29, 1.82) is 0 Å². The molecule has 0 aromatic carbocycles. The van der Waals surface area contributed by atoms with E-state index in [1.54, 1.807) is 19.6 Å². The minimum atomic E-state index is 0.232. The molecule has 0 unspecified atom stereocenters. The van der Waals surface area contributed by atoms with Gasteiger partial charge in [0.1, 0.15) is 0 Å². The second kappa shape index (κ2) is 9.25. The van der Waals surface area contributed by atoms with E-state index in [1.807, 2.05) is 20.8 Å². The summed E-state index contributed by atoms with van der Waals surface area (Å²) in [4.78, 5) is 16.5. The molecule has 6 heteroatoms. The fourth-order valence-electron chi connectivity index (χ4n) is 1.64. The Balaban J connectivity index is 2.06. The highest BCUT2D eigenvalue weighted by atomic mass is 16.6. The predicted molar refractivity (Wildman–Crippen MR) is 80.2 cm³/mol. The molecule has 20 heavy (non-hydrogen) atoms. The number of aromatic amines is 1. The first-order valence-electron chi connectivity index (χ1n) is 6.87. The molecule has 1 heterocycles. The highest BCUT2D eigenvalue weighted by molar-refractivity contribution is 5.78. The zero-order valence-corrected chi connectivity index (χ0v) is 12.7. The van der Waals surface area contributed by atoms with Crippen LogP contribution in [0.4, 0.5) is 0 Å². The zero-order chi connectivity index (χ0) is 14.8. The number of hydrogen-bond donors (Lipinski definition) is 1. The quantitative estimate of drug-likeness (QED) is 0.344. The van der Waals surface area contributed by atoms with Crippen LogP contribution in [0.25, 0.3) is 0 Å². The first-order valence-corrected chi connectivity index (χ1v) is 6.87. The lowest BCUT2D eigenvalue weighted by Gasteiger charge is -2.05. The number of rotatable bonds is 8. The van der Waals surface area contributed by atoms with E-state index < -0.39 is 0 Å². The number of aryl methyl sites for hydroxylation is 2. The molecule has 6 nitrogen and oxygen atoms in total. The molecule has 1 rings (SSSR count). The lowest BCUT2D eigenvalue weighted by Crippen LogP contribution is -2.09. The average molecular weight is 280 g/mol. The van der Waals surface area contributed by atoms with Gasteiger partial charge in [-0.15, -0.1) is 0 Å². The van der Waals surface area contributed by atoms with Gasteiger partial charge in [-0.25, -0.2) is 4.98 Å². The molecule has 0 aliphatic carbocycles. The largest absolute Gasteiger partial charge is 0.376 e. The highest BCUT2D eigenvalue weighted by Gasteiger charge is 2.04. The lowest BCUT2D eigenvalue weighted by molar-refractivity contribution is 0.168. The van der Waals surface area contributed by atoms with Crippen molar-refractivity contribution in [2.24, 2.45) is 16.1 Å². The first-order chi connectivity index (χ1) is 9.65. The Hall–Kier alpha value is -1.69. The summed E-state index contributed by atoms with van der Waals surface area (Å²) in [5.41, 5.74) is 2.23. The van der Waals surface area contributed by atoms with Crippen molar-refractivity contribution in [1.82, 2.24) is 9.97 Å². The van der Waals surface area contributed by atoms with Gasteiger partial charge in [-0.1, -0.05) is 19.0 Å². The van der Waals surface area contributed by atoms with Gasteiger partial charge in [-0.3, -0.25) is 4.99 Å². The van der Waals surface area contributed by atoms with Crippen LogP contribution in [0.3, 0.4) is 0 Å².